The molecule has 6 rings (SSSR count). The summed E-state index contributed by atoms with van der Waals surface area (Å²) in [6.45, 7) is 0.342. The lowest BCUT2D eigenvalue weighted by atomic mass is 9.77. The first-order chi connectivity index (χ1) is 16.7. The molecule has 3 N–H and O–H groups in total. The Hall–Kier alpha value is -3.69. The molecule has 0 radical (unpaired) electrons. The molecule has 2 atom stereocenters. The van der Waals surface area contributed by atoms with Gasteiger partial charge in [-0.2, -0.15) is 0 Å². The molecule has 1 aromatic heterocycles. The van der Waals surface area contributed by atoms with Gasteiger partial charge in [-0.25, -0.2) is 4.98 Å². The Bertz CT molecular complexity index is 1250. The molecule has 2 aliphatic heterocycles. The number of likely N-dealkylation sites (N-methyl/N-ethyl adjacent to an activating group) is 1. The summed E-state index contributed by atoms with van der Waals surface area (Å²) in [6.07, 6.45) is 3.18. The van der Waals surface area contributed by atoms with Crippen molar-refractivity contribution in [1.29, 1.82) is 0 Å². The van der Waals surface area contributed by atoms with Crippen LogP contribution >= 0.6 is 0 Å². The number of aromatic hydroxyl groups is 1. The van der Waals surface area contributed by atoms with Crippen molar-refractivity contribution < 1.29 is 19.5 Å². The van der Waals surface area contributed by atoms with Gasteiger partial charge >= 0.3 is 11.8 Å². The standard InChI is InChI=1S/C25H29N5O5/c1-29(2)23(35)21(33)28-25-10-8-14(9-11-25)13-30-22(34)19(31)18(27-24(25)30)20(32)26-17-12-16(17)15-6-4-3-5-7-15/h3-7,14,16-17,31H,8-13H2,1-2H3,(H,26,32)(H,28,33)/t14?,16-,17+,25?/m1/s1. The van der Waals surface area contributed by atoms with E-state index in [2.05, 4.69) is 15.6 Å². The van der Waals surface area contributed by atoms with Crippen molar-refractivity contribution in [3.63, 3.8) is 0 Å². The molecule has 10 heteroatoms. The Morgan fingerprint density at radius 3 is 2.49 bits per heavy atom. The molecule has 3 amide bonds. The summed E-state index contributed by atoms with van der Waals surface area (Å²) in [7, 11) is 2.97. The largest absolute Gasteiger partial charge is 0.501 e. The number of benzene rings is 1. The summed E-state index contributed by atoms with van der Waals surface area (Å²) >= 11 is 0. The van der Waals surface area contributed by atoms with Gasteiger partial charge in [-0.1, -0.05) is 30.3 Å². The monoisotopic (exact) mass is 479 g/mol. The predicted molar refractivity (Wildman–Crippen MR) is 126 cm³/mol. The summed E-state index contributed by atoms with van der Waals surface area (Å²) in [5.41, 5.74) is -1.01. The Morgan fingerprint density at radius 1 is 1.14 bits per heavy atom. The van der Waals surface area contributed by atoms with Crippen LogP contribution in [-0.2, 0) is 21.7 Å². The van der Waals surface area contributed by atoms with Crippen LogP contribution in [0.5, 0.6) is 5.75 Å². The topological polar surface area (TPSA) is 134 Å². The minimum atomic E-state index is -1.07. The Labute approximate surface area is 202 Å². The molecule has 2 fully saturated rings. The SMILES string of the molecule is CN(C)C(=O)C(=O)NC12CCC(CC1)Cn1c2nc(C(=O)N[C@H]2C[C@@H]2c2ccccc2)c(O)c1=O. The van der Waals surface area contributed by atoms with Crippen molar-refractivity contribution in [2.75, 3.05) is 14.1 Å². The molecule has 2 aliphatic carbocycles. The van der Waals surface area contributed by atoms with E-state index in [0.717, 1.165) is 24.8 Å². The maximum atomic E-state index is 13.2. The van der Waals surface area contributed by atoms with E-state index in [4.69, 9.17) is 0 Å². The van der Waals surface area contributed by atoms with Gasteiger partial charge in [0.25, 0.3) is 11.5 Å². The zero-order valence-corrected chi connectivity index (χ0v) is 19.8. The molecule has 10 nitrogen and oxygen atoms in total. The van der Waals surface area contributed by atoms with Gasteiger partial charge in [0.1, 0.15) is 5.82 Å². The fourth-order valence-electron chi connectivity index (χ4n) is 5.39. The van der Waals surface area contributed by atoms with Crippen LogP contribution in [0, 0.1) is 5.92 Å². The molecule has 2 bridgehead atoms. The number of carbonyl (C=O) groups excluding carboxylic acids is 3. The molecule has 0 spiro atoms. The van der Waals surface area contributed by atoms with E-state index < -0.39 is 34.6 Å². The molecular formula is C25H29N5O5. The number of nitrogens with one attached hydrogen (secondary N) is 2. The summed E-state index contributed by atoms with van der Waals surface area (Å²) in [5, 5.41) is 16.4. The van der Waals surface area contributed by atoms with Crippen molar-refractivity contribution >= 4 is 17.7 Å². The normalized spacial score (nSPS) is 26.3. The van der Waals surface area contributed by atoms with Gasteiger partial charge in [0.05, 0.1) is 5.54 Å². The number of hydrogen-bond acceptors (Lipinski definition) is 6. The number of fused-ring (bicyclic) bond motifs is 2. The van der Waals surface area contributed by atoms with Crippen LogP contribution < -0.4 is 16.2 Å². The fraction of sp³-hybridized carbons (Fsp3) is 0.480. The number of carbonyl (C=O) groups is 3. The summed E-state index contributed by atoms with van der Waals surface area (Å²) in [5.74, 6) is -2.26. The highest BCUT2D eigenvalue weighted by Gasteiger charge is 2.47. The highest BCUT2D eigenvalue weighted by molar-refractivity contribution is 6.35. The number of hydrogen-bond donors (Lipinski definition) is 3. The first-order valence-corrected chi connectivity index (χ1v) is 11.9. The maximum Gasteiger partial charge on any atom is 0.311 e. The van der Waals surface area contributed by atoms with E-state index in [0.29, 0.717) is 19.4 Å². The molecule has 3 heterocycles. The molecule has 184 valence electrons. The number of nitrogens with zero attached hydrogens (tertiary/aromatic N) is 3. The zero-order chi connectivity index (χ0) is 24.9. The minimum absolute atomic E-state index is 0.116. The zero-order valence-electron chi connectivity index (χ0n) is 19.8. The molecule has 35 heavy (non-hydrogen) atoms. The van der Waals surface area contributed by atoms with Crippen LogP contribution in [0.2, 0.25) is 0 Å². The fourth-order valence-corrected chi connectivity index (χ4v) is 5.39. The van der Waals surface area contributed by atoms with Crippen LogP contribution in [0.1, 0.15) is 59.9 Å². The lowest BCUT2D eigenvalue weighted by molar-refractivity contribution is -0.145. The van der Waals surface area contributed by atoms with Gasteiger partial charge in [0.15, 0.2) is 5.69 Å². The van der Waals surface area contributed by atoms with Crippen LogP contribution in [0.4, 0.5) is 0 Å². The summed E-state index contributed by atoms with van der Waals surface area (Å²) in [6, 6.07) is 9.70. The second-order valence-corrected chi connectivity index (χ2v) is 10.1. The average molecular weight is 480 g/mol. The average Bonchev–Trinajstić information content (AvgIpc) is 3.65. The second kappa shape index (κ2) is 8.51. The maximum absolute atomic E-state index is 13.2. The van der Waals surface area contributed by atoms with E-state index in [1.807, 2.05) is 30.3 Å². The smallest absolute Gasteiger partial charge is 0.311 e. The van der Waals surface area contributed by atoms with Crippen molar-refractivity contribution in [2.24, 2.45) is 5.92 Å². The molecule has 0 saturated heterocycles. The predicted octanol–water partition coefficient (Wildman–Crippen LogP) is 0.838. The van der Waals surface area contributed by atoms with Crippen molar-refractivity contribution in [1.82, 2.24) is 25.1 Å². The van der Waals surface area contributed by atoms with Crippen LogP contribution in [0.15, 0.2) is 35.1 Å². The number of amides is 3. The van der Waals surface area contributed by atoms with Gasteiger partial charge < -0.3 is 20.6 Å². The lowest BCUT2D eigenvalue weighted by Crippen LogP contribution is -2.53. The van der Waals surface area contributed by atoms with E-state index >= 15 is 0 Å². The molecule has 1 aromatic carbocycles. The van der Waals surface area contributed by atoms with Crippen LogP contribution in [0.25, 0.3) is 0 Å². The van der Waals surface area contributed by atoms with E-state index in [9.17, 15) is 24.3 Å². The second-order valence-electron chi connectivity index (χ2n) is 10.1. The summed E-state index contributed by atoms with van der Waals surface area (Å²) in [4.78, 5) is 56.9. The van der Waals surface area contributed by atoms with Gasteiger partial charge in [0.2, 0.25) is 5.75 Å². The molecule has 4 aliphatic rings. The first kappa shape index (κ1) is 23.1. The third kappa shape index (κ3) is 4.06. The van der Waals surface area contributed by atoms with E-state index in [-0.39, 0.29) is 29.4 Å². The minimum Gasteiger partial charge on any atom is -0.501 e. The molecule has 2 saturated carbocycles. The third-order valence-corrected chi connectivity index (χ3v) is 7.48. The van der Waals surface area contributed by atoms with Crippen molar-refractivity contribution in [3.8, 4) is 5.75 Å². The van der Waals surface area contributed by atoms with E-state index in [1.165, 1.54) is 23.6 Å². The number of rotatable bonds is 4. The van der Waals surface area contributed by atoms with Crippen LogP contribution in [-0.4, -0.2) is 57.4 Å². The third-order valence-electron chi connectivity index (χ3n) is 7.48. The Kier molecular flexibility index (Phi) is 5.61. The van der Waals surface area contributed by atoms with Gasteiger partial charge in [-0.05, 0) is 43.6 Å². The van der Waals surface area contributed by atoms with Crippen molar-refractivity contribution in [3.05, 3.63) is 57.8 Å². The molecule has 2 aromatic rings. The Balaban J connectivity index is 1.47. The van der Waals surface area contributed by atoms with Gasteiger partial charge in [-0.3, -0.25) is 23.7 Å². The molecule has 0 unspecified atom stereocenters. The van der Waals surface area contributed by atoms with Gasteiger partial charge in [0, 0.05) is 32.6 Å². The van der Waals surface area contributed by atoms with Crippen LogP contribution in [0.3, 0.4) is 0 Å². The number of aromatic nitrogens is 2. The van der Waals surface area contributed by atoms with Crippen molar-refractivity contribution in [2.45, 2.75) is 56.1 Å². The quantitative estimate of drug-likeness (QED) is 0.557. The molecular weight excluding hydrogens is 450 g/mol. The van der Waals surface area contributed by atoms with E-state index in [1.54, 1.807) is 0 Å². The van der Waals surface area contributed by atoms with Gasteiger partial charge in [-0.15, -0.1) is 0 Å². The highest BCUT2D eigenvalue weighted by atomic mass is 16.3. The highest BCUT2D eigenvalue weighted by Crippen LogP contribution is 2.43. The lowest BCUT2D eigenvalue weighted by Gasteiger charge is -2.37. The Morgan fingerprint density at radius 2 is 1.83 bits per heavy atom. The first-order valence-electron chi connectivity index (χ1n) is 11.9. The summed E-state index contributed by atoms with van der Waals surface area (Å²) < 4.78 is 1.36.